The molecule has 0 heterocycles. The highest BCUT2D eigenvalue weighted by atomic mass is 16.1. The molecule has 1 unspecified atom stereocenters. The van der Waals surface area contributed by atoms with Crippen LogP contribution < -0.4 is 16.6 Å². The van der Waals surface area contributed by atoms with Gasteiger partial charge in [-0.15, -0.1) is 0 Å². The first-order valence-corrected chi connectivity index (χ1v) is 6.88. The van der Waals surface area contributed by atoms with Crippen LogP contribution >= 0.6 is 0 Å². The highest BCUT2D eigenvalue weighted by Crippen LogP contribution is 2.17. The predicted octanol–water partition coefficient (Wildman–Crippen LogP) is 1.60. The fourth-order valence-electron chi connectivity index (χ4n) is 2.04. The SMILES string of the molecule is Cc1ccc(C(=O)NC(CN(C)C)C(C)C)c(NN)c1. The van der Waals surface area contributed by atoms with Crippen molar-refractivity contribution < 1.29 is 4.79 Å². The Kier molecular flexibility index (Phi) is 5.98. The van der Waals surface area contributed by atoms with Gasteiger partial charge in [-0.05, 0) is 44.6 Å². The summed E-state index contributed by atoms with van der Waals surface area (Å²) in [6.45, 7) is 6.98. The Morgan fingerprint density at radius 3 is 2.50 bits per heavy atom. The minimum absolute atomic E-state index is 0.0986. The first-order chi connectivity index (χ1) is 9.35. The largest absolute Gasteiger partial charge is 0.348 e. The van der Waals surface area contributed by atoms with E-state index in [0.29, 0.717) is 17.2 Å². The number of likely N-dealkylation sites (N-methyl/N-ethyl adjacent to an activating group) is 1. The molecule has 4 N–H and O–H groups in total. The Hall–Kier alpha value is -1.59. The van der Waals surface area contributed by atoms with Crippen LogP contribution in [0.1, 0.15) is 29.8 Å². The molecule has 0 aliphatic carbocycles. The molecule has 0 bridgehead atoms. The Morgan fingerprint density at radius 1 is 1.35 bits per heavy atom. The van der Waals surface area contributed by atoms with Crippen LogP contribution in [0.2, 0.25) is 0 Å². The fraction of sp³-hybridized carbons (Fsp3) is 0.533. The van der Waals surface area contributed by atoms with Crippen LogP contribution in [0.3, 0.4) is 0 Å². The average molecular weight is 278 g/mol. The van der Waals surface area contributed by atoms with Gasteiger partial charge in [-0.2, -0.15) is 0 Å². The maximum Gasteiger partial charge on any atom is 0.253 e. The lowest BCUT2D eigenvalue weighted by molar-refractivity contribution is 0.0917. The third-order valence-electron chi connectivity index (χ3n) is 3.26. The number of amides is 1. The van der Waals surface area contributed by atoms with E-state index in [-0.39, 0.29) is 11.9 Å². The van der Waals surface area contributed by atoms with Gasteiger partial charge in [0.05, 0.1) is 11.3 Å². The van der Waals surface area contributed by atoms with E-state index in [4.69, 9.17) is 5.84 Å². The molecule has 1 atom stereocenters. The van der Waals surface area contributed by atoms with E-state index >= 15 is 0 Å². The van der Waals surface area contributed by atoms with Crippen molar-refractivity contribution in [1.82, 2.24) is 10.2 Å². The Morgan fingerprint density at radius 2 is 2.00 bits per heavy atom. The van der Waals surface area contributed by atoms with Crippen molar-refractivity contribution >= 4 is 11.6 Å². The van der Waals surface area contributed by atoms with Gasteiger partial charge in [0.2, 0.25) is 0 Å². The molecule has 1 aromatic carbocycles. The van der Waals surface area contributed by atoms with Gasteiger partial charge in [-0.3, -0.25) is 10.6 Å². The molecule has 0 fully saturated rings. The van der Waals surface area contributed by atoms with E-state index in [0.717, 1.165) is 12.1 Å². The quantitative estimate of drug-likeness (QED) is 0.546. The van der Waals surface area contributed by atoms with Crippen LogP contribution in [0.25, 0.3) is 0 Å². The summed E-state index contributed by atoms with van der Waals surface area (Å²) in [6, 6.07) is 5.67. The average Bonchev–Trinajstić information content (AvgIpc) is 2.36. The van der Waals surface area contributed by atoms with E-state index in [1.165, 1.54) is 0 Å². The van der Waals surface area contributed by atoms with Crippen molar-refractivity contribution in [2.75, 3.05) is 26.1 Å². The summed E-state index contributed by atoms with van der Waals surface area (Å²) >= 11 is 0. The van der Waals surface area contributed by atoms with Gasteiger partial charge in [0, 0.05) is 12.6 Å². The van der Waals surface area contributed by atoms with Gasteiger partial charge in [0.25, 0.3) is 5.91 Å². The standard InChI is InChI=1S/C15H26N4O/c1-10(2)14(9-19(4)5)17-15(20)12-7-6-11(3)8-13(12)18-16/h6-8,10,14,18H,9,16H2,1-5H3,(H,17,20). The summed E-state index contributed by atoms with van der Waals surface area (Å²) in [5.74, 6) is 5.75. The molecule has 0 aromatic heterocycles. The monoisotopic (exact) mass is 278 g/mol. The molecule has 5 nitrogen and oxygen atoms in total. The first kappa shape index (κ1) is 16.5. The summed E-state index contributed by atoms with van der Waals surface area (Å²) in [5.41, 5.74) is 4.87. The number of nitrogen functional groups attached to an aromatic ring is 1. The van der Waals surface area contributed by atoms with E-state index in [9.17, 15) is 4.79 Å². The van der Waals surface area contributed by atoms with E-state index in [2.05, 4.69) is 29.5 Å². The van der Waals surface area contributed by atoms with Gasteiger partial charge in [-0.25, -0.2) is 0 Å². The van der Waals surface area contributed by atoms with Crippen molar-refractivity contribution in [2.45, 2.75) is 26.8 Å². The van der Waals surface area contributed by atoms with Gasteiger partial charge in [0.15, 0.2) is 0 Å². The van der Waals surface area contributed by atoms with E-state index < -0.39 is 0 Å². The maximum absolute atomic E-state index is 12.4. The molecule has 1 rings (SSSR count). The van der Waals surface area contributed by atoms with Crippen molar-refractivity contribution in [2.24, 2.45) is 11.8 Å². The lowest BCUT2D eigenvalue weighted by atomic mass is 10.0. The first-order valence-electron chi connectivity index (χ1n) is 6.88. The van der Waals surface area contributed by atoms with Gasteiger partial charge >= 0.3 is 0 Å². The molecule has 5 heteroatoms. The second-order valence-electron chi connectivity index (χ2n) is 5.78. The summed E-state index contributed by atoms with van der Waals surface area (Å²) in [5, 5.41) is 3.08. The Labute approximate surface area is 121 Å². The highest BCUT2D eigenvalue weighted by Gasteiger charge is 2.19. The Bertz CT molecular complexity index is 457. The number of nitrogens with zero attached hydrogens (tertiary/aromatic N) is 1. The van der Waals surface area contributed by atoms with Crippen LogP contribution in [-0.4, -0.2) is 37.5 Å². The summed E-state index contributed by atoms with van der Waals surface area (Å²) in [7, 11) is 4.00. The zero-order chi connectivity index (χ0) is 15.3. The number of hydrogen-bond acceptors (Lipinski definition) is 4. The van der Waals surface area contributed by atoms with Crippen molar-refractivity contribution in [3.05, 3.63) is 29.3 Å². The number of anilines is 1. The lowest BCUT2D eigenvalue weighted by Gasteiger charge is -2.26. The maximum atomic E-state index is 12.4. The van der Waals surface area contributed by atoms with Crippen LogP contribution in [0.15, 0.2) is 18.2 Å². The molecule has 1 aromatic rings. The zero-order valence-corrected chi connectivity index (χ0v) is 13.0. The van der Waals surface area contributed by atoms with Gasteiger partial charge < -0.3 is 15.6 Å². The van der Waals surface area contributed by atoms with Crippen LogP contribution in [0.5, 0.6) is 0 Å². The van der Waals surface area contributed by atoms with Gasteiger partial charge in [-0.1, -0.05) is 19.9 Å². The molecule has 0 saturated carbocycles. The molecule has 1 amide bonds. The molecule has 0 aliphatic heterocycles. The molecule has 0 radical (unpaired) electrons. The fourth-order valence-corrected chi connectivity index (χ4v) is 2.04. The second kappa shape index (κ2) is 7.26. The lowest BCUT2D eigenvalue weighted by Crippen LogP contribution is -2.45. The van der Waals surface area contributed by atoms with Crippen LogP contribution in [0, 0.1) is 12.8 Å². The minimum atomic E-state index is -0.0986. The molecular formula is C15H26N4O. The molecule has 0 saturated heterocycles. The van der Waals surface area contributed by atoms with Crippen LogP contribution in [0.4, 0.5) is 5.69 Å². The van der Waals surface area contributed by atoms with E-state index in [1.807, 2.05) is 33.2 Å². The van der Waals surface area contributed by atoms with Crippen molar-refractivity contribution in [3.8, 4) is 0 Å². The number of hydrazine groups is 1. The van der Waals surface area contributed by atoms with Crippen LogP contribution in [-0.2, 0) is 0 Å². The van der Waals surface area contributed by atoms with Gasteiger partial charge in [0.1, 0.15) is 0 Å². The summed E-state index contributed by atoms with van der Waals surface area (Å²) in [6.07, 6.45) is 0. The number of nitrogens with two attached hydrogens (primary N) is 1. The number of rotatable bonds is 6. The summed E-state index contributed by atoms with van der Waals surface area (Å²) in [4.78, 5) is 14.5. The summed E-state index contributed by atoms with van der Waals surface area (Å²) < 4.78 is 0. The second-order valence-corrected chi connectivity index (χ2v) is 5.78. The smallest absolute Gasteiger partial charge is 0.253 e. The molecule has 0 spiro atoms. The minimum Gasteiger partial charge on any atom is -0.348 e. The zero-order valence-electron chi connectivity index (χ0n) is 13.0. The van der Waals surface area contributed by atoms with E-state index in [1.54, 1.807) is 6.07 Å². The molecule has 112 valence electrons. The molecule has 0 aliphatic rings. The molecule has 20 heavy (non-hydrogen) atoms. The Balaban J connectivity index is 2.89. The normalized spacial score (nSPS) is 12.6. The van der Waals surface area contributed by atoms with Crippen molar-refractivity contribution in [3.63, 3.8) is 0 Å². The highest BCUT2D eigenvalue weighted by molar-refractivity contribution is 5.99. The number of carbonyl (C=O) groups excluding carboxylic acids is 1. The third kappa shape index (κ3) is 4.51. The number of benzene rings is 1. The third-order valence-corrected chi connectivity index (χ3v) is 3.26. The predicted molar refractivity (Wildman–Crippen MR) is 83.6 cm³/mol. The molecular weight excluding hydrogens is 252 g/mol. The number of hydrogen-bond donors (Lipinski definition) is 3. The topological polar surface area (TPSA) is 70.4 Å². The van der Waals surface area contributed by atoms with Crippen molar-refractivity contribution in [1.29, 1.82) is 0 Å². The number of aryl methyl sites for hydroxylation is 1. The number of nitrogens with one attached hydrogen (secondary N) is 2. The number of carbonyl (C=O) groups is 1.